The van der Waals surface area contributed by atoms with Crippen molar-refractivity contribution in [3.63, 3.8) is 0 Å². The summed E-state index contributed by atoms with van der Waals surface area (Å²) in [4.78, 5) is 11.7. The third kappa shape index (κ3) is 14.4. The Balaban J connectivity index is 1.29. The molecule has 0 saturated heterocycles. The van der Waals surface area contributed by atoms with Crippen LogP contribution < -0.4 is 0 Å². The Morgan fingerprint density at radius 2 is 1.21 bits per heavy atom. The summed E-state index contributed by atoms with van der Waals surface area (Å²) in [5, 5.41) is 0. The Bertz CT molecular complexity index is 455. The Labute approximate surface area is 203 Å². The number of esters is 1. The lowest BCUT2D eigenvalue weighted by molar-refractivity contribution is -0.145. The molecule has 0 atom stereocenters. The molecule has 0 unspecified atom stereocenters. The molecule has 0 aromatic heterocycles. The predicted molar refractivity (Wildman–Crippen MR) is 133 cm³/mol. The molecule has 2 aliphatic carbocycles. The van der Waals surface area contributed by atoms with E-state index in [-0.39, 0.29) is 5.97 Å². The van der Waals surface area contributed by atoms with Crippen molar-refractivity contribution in [2.75, 3.05) is 39.6 Å². The number of carbonyl (C=O) groups excluding carboxylic acids is 1. The molecule has 2 fully saturated rings. The Kier molecular flexibility index (Phi) is 17.0. The number of hydrogen-bond donors (Lipinski definition) is 0. The van der Waals surface area contributed by atoms with E-state index in [1.54, 1.807) is 0 Å². The molecule has 5 nitrogen and oxygen atoms in total. The molecule has 0 amide bonds. The van der Waals surface area contributed by atoms with Crippen LogP contribution in [0.5, 0.6) is 0 Å². The van der Waals surface area contributed by atoms with Crippen molar-refractivity contribution in [2.24, 2.45) is 11.8 Å². The summed E-state index contributed by atoms with van der Waals surface area (Å²) >= 11 is 0. The van der Waals surface area contributed by atoms with E-state index < -0.39 is 0 Å². The van der Waals surface area contributed by atoms with E-state index in [2.05, 4.69) is 6.92 Å². The summed E-state index contributed by atoms with van der Waals surface area (Å²) in [5.74, 6) is 1.85. The van der Waals surface area contributed by atoms with Gasteiger partial charge in [-0.3, -0.25) is 4.79 Å². The highest BCUT2D eigenvalue weighted by atomic mass is 16.6. The third-order valence-electron chi connectivity index (χ3n) is 7.46. The quantitative estimate of drug-likeness (QED) is 0.153. The zero-order valence-electron chi connectivity index (χ0n) is 21.5. The summed E-state index contributed by atoms with van der Waals surface area (Å²) < 4.78 is 22.4. The van der Waals surface area contributed by atoms with Crippen molar-refractivity contribution in [1.29, 1.82) is 0 Å². The van der Waals surface area contributed by atoms with Gasteiger partial charge in [0.1, 0.15) is 6.61 Å². The largest absolute Gasteiger partial charge is 0.463 e. The highest BCUT2D eigenvalue weighted by Crippen LogP contribution is 2.38. The van der Waals surface area contributed by atoms with Gasteiger partial charge in [-0.2, -0.15) is 0 Å². The fraction of sp³-hybridized carbons (Fsp3) is 0.964. The number of ether oxygens (including phenoxy) is 4. The molecule has 194 valence electrons. The highest BCUT2D eigenvalue weighted by Gasteiger charge is 2.28. The van der Waals surface area contributed by atoms with E-state index in [4.69, 9.17) is 18.9 Å². The van der Waals surface area contributed by atoms with Gasteiger partial charge in [0.05, 0.1) is 39.1 Å². The van der Waals surface area contributed by atoms with Gasteiger partial charge in [0.25, 0.3) is 0 Å². The minimum atomic E-state index is -0.103. The van der Waals surface area contributed by atoms with Gasteiger partial charge in [-0.15, -0.1) is 0 Å². The van der Waals surface area contributed by atoms with Crippen LogP contribution in [-0.4, -0.2) is 51.7 Å². The molecule has 0 radical (unpaired) electrons. The Hall–Kier alpha value is -0.650. The summed E-state index contributed by atoms with van der Waals surface area (Å²) in [6.45, 7) is 5.39. The van der Waals surface area contributed by atoms with E-state index >= 15 is 0 Å². The van der Waals surface area contributed by atoms with E-state index in [0.717, 1.165) is 24.7 Å². The zero-order valence-corrected chi connectivity index (χ0v) is 21.5. The SMILES string of the molecule is CCCCCCCCCC(=O)OCCOCCOCCOC1CCC(C2CCCCC2)CC1. The van der Waals surface area contributed by atoms with Crippen molar-refractivity contribution in [3.8, 4) is 0 Å². The van der Waals surface area contributed by atoms with Gasteiger partial charge in [0.15, 0.2) is 0 Å². The first-order valence-corrected chi connectivity index (χ1v) is 14.2. The molecule has 0 spiro atoms. The number of carbonyl (C=O) groups is 1. The molecule has 0 aromatic rings. The molecule has 5 heteroatoms. The third-order valence-corrected chi connectivity index (χ3v) is 7.46. The van der Waals surface area contributed by atoms with Gasteiger partial charge in [0.2, 0.25) is 0 Å². The van der Waals surface area contributed by atoms with Crippen LogP contribution >= 0.6 is 0 Å². The zero-order chi connectivity index (χ0) is 23.4. The maximum atomic E-state index is 11.7. The summed E-state index contributed by atoms with van der Waals surface area (Å²) in [6.07, 6.45) is 21.9. The van der Waals surface area contributed by atoms with Crippen molar-refractivity contribution >= 4 is 5.97 Å². The van der Waals surface area contributed by atoms with Crippen LogP contribution in [0.2, 0.25) is 0 Å². The first-order valence-electron chi connectivity index (χ1n) is 14.2. The van der Waals surface area contributed by atoms with Crippen molar-refractivity contribution < 1.29 is 23.7 Å². The van der Waals surface area contributed by atoms with Gasteiger partial charge >= 0.3 is 5.97 Å². The second-order valence-electron chi connectivity index (χ2n) is 10.1. The Morgan fingerprint density at radius 3 is 1.91 bits per heavy atom. The van der Waals surface area contributed by atoms with Crippen molar-refractivity contribution in [2.45, 2.75) is 122 Å². The van der Waals surface area contributed by atoms with Crippen LogP contribution in [0.4, 0.5) is 0 Å². The molecule has 2 aliphatic rings. The topological polar surface area (TPSA) is 54.0 Å². The predicted octanol–water partition coefficient (Wildman–Crippen LogP) is 6.86. The standard InChI is InChI=1S/C28H52O5/c1-2-3-4-5-6-7-11-14-28(29)33-24-22-31-20-19-30-21-23-32-27-17-15-26(16-18-27)25-12-9-8-10-13-25/h25-27H,2-24H2,1H3. The van der Waals surface area contributed by atoms with Crippen LogP contribution in [0, 0.1) is 11.8 Å². The van der Waals surface area contributed by atoms with Crippen LogP contribution in [0.15, 0.2) is 0 Å². The summed E-state index contributed by atoms with van der Waals surface area (Å²) in [6, 6.07) is 0. The van der Waals surface area contributed by atoms with Crippen LogP contribution in [0.25, 0.3) is 0 Å². The molecule has 0 bridgehead atoms. The molecule has 0 aliphatic heterocycles. The van der Waals surface area contributed by atoms with E-state index in [1.807, 2.05) is 0 Å². The molecule has 0 N–H and O–H groups in total. The molecular weight excluding hydrogens is 416 g/mol. The molecule has 2 rings (SSSR count). The molecule has 33 heavy (non-hydrogen) atoms. The molecule has 0 heterocycles. The molecule has 0 aromatic carbocycles. The minimum absolute atomic E-state index is 0.103. The van der Waals surface area contributed by atoms with Gasteiger partial charge in [-0.1, -0.05) is 77.6 Å². The van der Waals surface area contributed by atoms with Gasteiger partial charge in [-0.25, -0.2) is 0 Å². The van der Waals surface area contributed by atoms with E-state index in [1.165, 1.54) is 89.9 Å². The number of hydrogen-bond acceptors (Lipinski definition) is 5. The lowest BCUT2D eigenvalue weighted by Crippen LogP contribution is -2.28. The van der Waals surface area contributed by atoms with Crippen molar-refractivity contribution in [3.05, 3.63) is 0 Å². The van der Waals surface area contributed by atoms with Crippen LogP contribution in [0.1, 0.15) is 116 Å². The second kappa shape index (κ2) is 19.6. The molecular formula is C28H52O5. The monoisotopic (exact) mass is 468 g/mol. The summed E-state index contributed by atoms with van der Waals surface area (Å²) in [5.41, 5.74) is 0. The normalized spacial score (nSPS) is 21.8. The van der Waals surface area contributed by atoms with Gasteiger partial charge in [-0.05, 0) is 43.9 Å². The lowest BCUT2D eigenvalue weighted by Gasteiger charge is -2.35. The van der Waals surface area contributed by atoms with E-state index in [9.17, 15) is 4.79 Å². The van der Waals surface area contributed by atoms with Crippen LogP contribution in [-0.2, 0) is 23.7 Å². The molecule has 2 saturated carbocycles. The van der Waals surface area contributed by atoms with Gasteiger partial charge < -0.3 is 18.9 Å². The Morgan fingerprint density at radius 1 is 0.636 bits per heavy atom. The minimum Gasteiger partial charge on any atom is -0.463 e. The number of rotatable bonds is 19. The fourth-order valence-electron chi connectivity index (χ4n) is 5.44. The lowest BCUT2D eigenvalue weighted by atomic mass is 9.73. The first-order chi connectivity index (χ1) is 16.3. The van der Waals surface area contributed by atoms with Crippen LogP contribution in [0.3, 0.4) is 0 Å². The van der Waals surface area contributed by atoms with Gasteiger partial charge in [0, 0.05) is 6.42 Å². The van der Waals surface area contributed by atoms with E-state index in [0.29, 0.717) is 52.2 Å². The van der Waals surface area contributed by atoms with Crippen molar-refractivity contribution in [1.82, 2.24) is 0 Å². The fourth-order valence-corrected chi connectivity index (χ4v) is 5.44. The smallest absolute Gasteiger partial charge is 0.305 e. The second-order valence-corrected chi connectivity index (χ2v) is 10.1. The average molecular weight is 469 g/mol. The maximum Gasteiger partial charge on any atom is 0.305 e. The maximum absolute atomic E-state index is 11.7. The highest BCUT2D eigenvalue weighted by molar-refractivity contribution is 5.69. The summed E-state index contributed by atoms with van der Waals surface area (Å²) in [7, 11) is 0. The number of unbranched alkanes of at least 4 members (excludes halogenated alkanes) is 6. The average Bonchev–Trinajstić information content (AvgIpc) is 2.85. The first kappa shape index (κ1) is 28.6.